The molecule has 3 aromatic carbocycles. The lowest BCUT2D eigenvalue weighted by Crippen LogP contribution is -2.50. The second-order valence-electron chi connectivity index (χ2n) is 10.9. The van der Waals surface area contributed by atoms with Crippen molar-refractivity contribution in [3.63, 3.8) is 0 Å². The smallest absolute Gasteiger partial charge is 0.359 e. The zero-order valence-corrected chi connectivity index (χ0v) is 26.7. The van der Waals surface area contributed by atoms with Crippen LogP contribution in [-0.2, 0) is 14.8 Å². The van der Waals surface area contributed by atoms with E-state index in [1.165, 1.54) is 28.6 Å². The number of nitro benzene ring substituents is 1. The van der Waals surface area contributed by atoms with Crippen molar-refractivity contribution in [2.75, 3.05) is 51.8 Å². The number of sulfonamides is 1. The Labute approximate surface area is 271 Å². The zero-order valence-electron chi connectivity index (χ0n) is 25.9. The number of hydrogen-bond donors (Lipinski definition) is 1. The molecule has 3 heterocycles. The molecule has 14 nitrogen and oxygen atoms in total. The monoisotopic (exact) mass is 662 g/mol. The Morgan fingerprint density at radius 1 is 0.979 bits per heavy atom. The lowest BCUT2D eigenvalue weighted by molar-refractivity contribution is -0.387. The van der Waals surface area contributed by atoms with Crippen molar-refractivity contribution in [3.8, 4) is 22.9 Å². The SMILES string of the molecule is CCOC(=O)c1c2c(nn1-c1ccc(Oc3ccc(OC)cc3)cc1)[C@@H](N1CCN(S(=O)(=O)c3ccccc3[N+](=O)[O-])CC1)CCN2. The summed E-state index contributed by atoms with van der Waals surface area (Å²) >= 11 is 0. The number of fused-ring (bicyclic) bond motifs is 1. The molecule has 0 radical (unpaired) electrons. The molecule has 0 spiro atoms. The standard InChI is InChI=1S/C32H34N6O8S/c1-3-45-32(39)31-30-29(34-37(31)22-8-10-24(11-9-22)46-25-14-12-23(44-2)13-15-25)27(16-17-33-30)35-18-20-36(21-19-35)47(42,43)28-7-5-4-6-26(28)38(40)41/h4-15,27,33H,3,16-21H2,1-2H3/t27-/m0/s1. The van der Waals surface area contributed by atoms with Crippen molar-refractivity contribution in [1.82, 2.24) is 19.0 Å². The van der Waals surface area contributed by atoms with Crippen LogP contribution in [0.3, 0.4) is 0 Å². The maximum absolute atomic E-state index is 13.4. The normalized spacial score (nSPS) is 16.9. The fraction of sp³-hybridized carbons (Fsp3) is 0.312. The van der Waals surface area contributed by atoms with E-state index >= 15 is 0 Å². The van der Waals surface area contributed by atoms with E-state index in [1.807, 2.05) is 0 Å². The Bertz CT molecular complexity index is 1870. The van der Waals surface area contributed by atoms with Gasteiger partial charge in [-0.05, 0) is 67.9 Å². The summed E-state index contributed by atoms with van der Waals surface area (Å²) < 4.78 is 46.2. The van der Waals surface area contributed by atoms with Crippen molar-refractivity contribution in [3.05, 3.63) is 94.3 Å². The van der Waals surface area contributed by atoms with Gasteiger partial charge in [0.2, 0.25) is 10.0 Å². The van der Waals surface area contributed by atoms with Gasteiger partial charge in [0.25, 0.3) is 5.69 Å². The van der Waals surface area contributed by atoms with Crippen LogP contribution in [0.1, 0.15) is 35.6 Å². The molecule has 1 aromatic heterocycles. The van der Waals surface area contributed by atoms with Gasteiger partial charge in [0, 0.05) is 38.8 Å². The molecule has 4 aromatic rings. The van der Waals surface area contributed by atoms with Crippen LogP contribution in [0.25, 0.3) is 5.69 Å². The van der Waals surface area contributed by atoms with E-state index in [-0.39, 0.29) is 36.3 Å². The molecule has 0 amide bonds. The molecule has 0 saturated carbocycles. The van der Waals surface area contributed by atoms with Crippen molar-refractivity contribution < 1.29 is 32.3 Å². The van der Waals surface area contributed by atoms with E-state index in [0.29, 0.717) is 54.6 Å². The minimum absolute atomic E-state index is 0.148. The van der Waals surface area contributed by atoms with E-state index in [2.05, 4.69) is 10.2 Å². The largest absolute Gasteiger partial charge is 0.497 e. The Balaban J connectivity index is 1.24. The van der Waals surface area contributed by atoms with Crippen LogP contribution in [0.2, 0.25) is 0 Å². The number of nitrogens with one attached hydrogen (secondary N) is 1. The van der Waals surface area contributed by atoms with Gasteiger partial charge in [-0.2, -0.15) is 9.40 Å². The number of esters is 1. The van der Waals surface area contributed by atoms with Gasteiger partial charge < -0.3 is 19.5 Å². The Hall–Kier alpha value is -4.99. The first-order valence-electron chi connectivity index (χ1n) is 15.1. The summed E-state index contributed by atoms with van der Waals surface area (Å²) in [6.07, 6.45) is 0.678. The highest BCUT2D eigenvalue weighted by atomic mass is 32.2. The van der Waals surface area contributed by atoms with Crippen molar-refractivity contribution in [2.45, 2.75) is 24.3 Å². The first kappa shape index (κ1) is 32.0. The van der Waals surface area contributed by atoms with Crippen molar-refractivity contribution in [2.24, 2.45) is 0 Å². The average molecular weight is 663 g/mol. The number of hydrogen-bond acceptors (Lipinski definition) is 11. The van der Waals surface area contributed by atoms with Crippen LogP contribution in [0.4, 0.5) is 11.4 Å². The number of aromatic nitrogens is 2. The molecule has 1 fully saturated rings. The summed E-state index contributed by atoms with van der Waals surface area (Å²) in [5, 5.41) is 19.8. The highest BCUT2D eigenvalue weighted by molar-refractivity contribution is 7.89. The maximum Gasteiger partial charge on any atom is 0.359 e. The van der Waals surface area contributed by atoms with Gasteiger partial charge in [-0.25, -0.2) is 17.9 Å². The predicted octanol–water partition coefficient (Wildman–Crippen LogP) is 4.62. The summed E-state index contributed by atoms with van der Waals surface area (Å²) in [6, 6.07) is 19.6. The molecule has 1 N–H and O–H groups in total. The highest BCUT2D eigenvalue weighted by Gasteiger charge is 2.39. The number of ether oxygens (including phenoxy) is 3. The number of anilines is 1. The van der Waals surface area contributed by atoms with Crippen LogP contribution < -0.4 is 14.8 Å². The summed E-state index contributed by atoms with van der Waals surface area (Å²) in [5.41, 5.74) is 1.69. The first-order valence-corrected chi connectivity index (χ1v) is 16.6. The molecule has 1 atom stereocenters. The number of nitrogens with zero attached hydrogens (tertiary/aromatic N) is 5. The van der Waals surface area contributed by atoms with Crippen LogP contribution in [0.15, 0.2) is 77.7 Å². The third kappa shape index (κ3) is 6.37. The molecule has 0 unspecified atom stereocenters. The maximum atomic E-state index is 13.4. The Kier molecular flexibility index (Phi) is 9.11. The Morgan fingerprint density at radius 3 is 2.26 bits per heavy atom. The zero-order chi connectivity index (χ0) is 33.1. The van der Waals surface area contributed by atoms with Crippen molar-refractivity contribution in [1.29, 1.82) is 0 Å². The molecule has 6 rings (SSSR count). The molecule has 246 valence electrons. The van der Waals surface area contributed by atoms with E-state index in [1.54, 1.807) is 67.2 Å². The average Bonchev–Trinajstić information content (AvgIpc) is 3.49. The molecule has 0 bridgehead atoms. The van der Waals surface area contributed by atoms with E-state index in [9.17, 15) is 23.3 Å². The third-order valence-electron chi connectivity index (χ3n) is 8.19. The summed E-state index contributed by atoms with van der Waals surface area (Å²) in [4.78, 5) is 25.9. The van der Waals surface area contributed by atoms with Gasteiger partial charge in [-0.15, -0.1) is 0 Å². The number of piperazine rings is 1. The first-order chi connectivity index (χ1) is 22.7. The molecule has 15 heteroatoms. The second-order valence-corrected chi connectivity index (χ2v) is 12.8. The lowest BCUT2D eigenvalue weighted by Gasteiger charge is -2.39. The third-order valence-corrected chi connectivity index (χ3v) is 10.1. The van der Waals surface area contributed by atoms with Crippen LogP contribution in [0, 0.1) is 10.1 Å². The van der Waals surface area contributed by atoms with Gasteiger partial charge in [0.05, 0.1) is 36.1 Å². The molecule has 1 saturated heterocycles. The molecule has 0 aliphatic carbocycles. The number of benzene rings is 3. The van der Waals surface area contributed by atoms with Crippen LogP contribution in [0.5, 0.6) is 17.2 Å². The van der Waals surface area contributed by atoms with Crippen molar-refractivity contribution >= 4 is 27.4 Å². The summed E-state index contributed by atoms with van der Waals surface area (Å²) in [7, 11) is -2.48. The minimum Gasteiger partial charge on any atom is -0.497 e. The van der Waals surface area contributed by atoms with Gasteiger partial charge in [-0.3, -0.25) is 15.0 Å². The van der Waals surface area contributed by atoms with E-state index in [4.69, 9.17) is 19.3 Å². The molecule has 47 heavy (non-hydrogen) atoms. The summed E-state index contributed by atoms with van der Waals surface area (Å²) in [5.74, 6) is 1.44. The van der Waals surface area contributed by atoms with Crippen LogP contribution >= 0.6 is 0 Å². The number of para-hydroxylation sites is 1. The quantitative estimate of drug-likeness (QED) is 0.143. The van der Waals surface area contributed by atoms with Gasteiger partial charge in [-0.1, -0.05) is 12.1 Å². The second kappa shape index (κ2) is 13.4. The number of carbonyl (C=O) groups is 1. The topological polar surface area (TPSA) is 158 Å². The number of nitro groups is 1. The highest BCUT2D eigenvalue weighted by Crippen LogP contribution is 2.38. The van der Waals surface area contributed by atoms with Gasteiger partial charge in [0.1, 0.15) is 22.9 Å². The van der Waals surface area contributed by atoms with E-state index < -0.39 is 26.6 Å². The van der Waals surface area contributed by atoms with Gasteiger partial charge >= 0.3 is 5.97 Å². The number of carbonyl (C=O) groups excluding carboxylic acids is 1. The molecule has 2 aliphatic rings. The lowest BCUT2D eigenvalue weighted by atomic mass is 10.0. The van der Waals surface area contributed by atoms with Gasteiger partial charge in [0.15, 0.2) is 10.6 Å². The molecular formula is C32H34N6O8S. The fourth-order valence-corrected chi connectivity index (χ4v) is 7.48. The summed E-state index contributed by atoms with van der Waals surface area (Å²) in [6.45, 7) is 3.55. The van der Waals surface area contributed by atoms with E-state index in [0.717, 1.165) is 5.75 Å². The Morgan fingerprint density at radius 2 is 1.62 bits per heavy atom. The minimum atomic E-state index is -4.08. The predicted molar refractivity (Wildman–Crippen MR) is 172 cm³/mol. The number of rotatable bonds is 10. The van der Waals surface area contributed by atoms with Crippen LogP contribution in [-0.4, -0.2) is 84.7 Å². The molecular weight excluding hydrogens is 628 g/mol. The fourth-order valence-electron chi connectivity index (χ4n) is 5.90. The number of methoxy groups -OCH3 is 1. The molecule has 2 aliphatic heterocycles.